The quantitative estimate of drug-likeness (QED) is 0.599. The summed E-state index contributed by atoms with van der Waals surface area (Å²) in [5.74, 6) is -0.797. The van der Waals surface area contributed by atoms with E-state index in [4.69, 9.17) is 14.2 Å². The Morgan fingerprint density at radius 2 is 2.06 bits per heavy atom. The number of rotatable bonds is 5. The maximum Gasteiger partial charge on any atom is 0.359 e. The van der Waals surface area contributed by atoms with Gasteiger partial charge in [-0.15, -0.1) is 0 Å². The van der Waals surface area contributed by atoms with Gasteiger partial charge in [0.2, 0.25) is 5.88 Å². The van der Waals surface area contributed by atoms with Crippen LogP contribution < -0.4 is 9.47 Å². The molecule has 2 heterocycles. The average Bonchev–Trinajstić information content (AvgIpc) is 3.22. The number of fused-ring (bicyclic) bond motifs is 2. The van der Waals surface area contributed by atoms with Crippen molar-refractivity contribution in [3.05, 3.63) is 58.0 Å². The number of carbonyl (C=O) groups excluding carboxylic acids is 1. The summed E-state index contributed by atoms with van der Waals surface area (Å²) in [7, 11) is 2.88. The largest absolute Gasteiger partial charge is 0.479 e. The third kappa shape index (κ3) is 3.23. The van der Waals surface area contributed by atoms with E-state index in [0.717, 1.165) is 5.56 Å². The number of aliphatic hydroxyl groups excluding tert-OH is 1. The van der Waals surface area contributed by atoms with Crippen LogP contribution in [-0.4, -0.2) is 51.7 Å². The zero-order chi connectivity index (χ0) is 23.0. The number of carbonyl (C=O) groups is 1. The Morgan fingerprint density at radius 3 is 2.72 bits per heavy atom. The first kappa shape index (κ1) is 21.3. The molecule has 0 saturated heterocycles. The zero-order valence-corrected chi connectivity index (χ0v) is 18.0. The smallest absolute Gasteiger partial charge is 0.359 e. The van der Waals surface area contributed by atoms with Crippen molar-refractivity contribution in [3.8, 4) is 23.6 Å². The van der Waals surface area contributed by atoms with E-state index < -0.39 is 12.1 Å². The van der Waals surface area contributed by atoms with Crippen LogP contribution in [0, 0.1) is 11.3 Å². The van der Waals surface area contributed by atoms with Crippen molar-refractivity contribution in [1.82, 2.24) is 19.7 Å². The molecule has 1 N–H and O–H groups in total. The van der Waals surface area contributed by atoms with Crippen molar-refractivity contribution in [2.75, 3.05) is 20.8 Å². The normalized spacial score (nSPS) is 16.5. The van der Waals surface area contributed by atoms with Crippen molar-refractivity contribution in [1.29, 1.82) is 5.26 Å². The molecule has 3 aromatic rings. The molecular formula is C22H21N5O5. The predicted octanol–water partition coefficient (Wildman–Crippen LogP) is 2.27. The molecule has 4 rings (SSSR count). The molecule has 10 heteroatoms. The van der Waals surface area contributed by atoms with Gasteiger partial charge in [-0.3, -0.25) is 0 Å². The molecule has 2 unspecified atom stereocenters. The lowest BCUT2D eigenvalue weighted by Crippen LogP contribution is -2.20. The van der Waals surface area contributed by atoms with Gasteiger partial charge < -0.3 is 19.3 Å². The molecular weight excluding hydrogens is 414 g/mol. The monoisotopic (exact) mass is 435 g/mol. The van der Waals surface area contributed by atoms with Gasteiger partial charge in [0, 0.05) is 11.5 Å². The standard InChI is InChI=1S/C22H21N5O5/c1-5-32-21(29)17-16-18(11(2)14-8-12(9-23)6-7-13(14)19(16)28)27(26-17)15-10-24-22(31-4)25-20(15)30-3/h6-8,10-11,19,28H,5H2,1-4H3. The van der Waals surface area contributed by atoms with Crippen LogP contribution in [0.3, 0.4) is 0 Å². The van der Waals surface area contributed by atoms with Gasteiger partial charge in [0.25, 0.3) is 0 Å². The summed E-state index contributed by atoms with van der Waals surface area (Å²) >= 11 is 0. The maximum absolute atomic E-state index is 12.7. The Labute approximate surface area is 184 Å². The van der Waals surface area contributed by atoms with Crippen LogP contribution in [0.25, 0.3) is 5.69 Å². The van der Waals surface area contributed by atoms with Crippen LogP contribution >= 0.6 is 0 Å². The van der Waals surface area contributed by atoms with Gasteiger partial charge in [-0.05, 0) is 30.2 Å². The first-order valence-electron chi connectivity index (χ1n) is 9.92. The minimum atomic E-state index is -1.14. The fraction of sp³-hybridized carbons (Fsp3) is 0.318. The minimum Gasteiger partial charge on any atom is -0.479 e. The number of methoxy groups -OCH3 is 2. The van der Waals surface area contributed by atoms with Crippen LogP contribution in [0.1, 0.15) is 64.3 Å². The minimum absolute atomic E-state index is 0.00548. The van der Waals surface area contributed by atoms with Gasteiger partial charge in [-0.25, -0.2) is 14.5 Å². The first-order chi connectivity index (χ1) is 15.4. The number of aliphatic hydroxyl groups is 1. The molecule has 0 bridgehead atoms. The molecule has 0 radical (unpaired) electrons. The molecule has 32 heavy (non-hydrogen) atoms. The van der Waals surface area contributed by atoms with E-state index in [1.807, 2.05) is 6.92 Å². The van der Waals surface area contributed by atoms with Crippen LogP contribution in [0.2, 0.25) is 0 Å². The zero-order valence-electron chi connectivity index (χ0n) is 18.0. The third-order valence-corrected chi connectivity index (χ3v) is 5.41. The molecule has 2 atom stereocenters. The molecule has 0 amide bonds. The molecule has 10 nitrogen and oxygen atoms in total. The number of hydrogen-bond donors (Lipinski definition) is 1. The van der Waals surface area contributed by atoms with Gasteiger partial charge in [0.05, 0.1) is 44.3 Å². The van der Waals surface area contributed by atoms with Gasteiger partial charge in [-0.2, -0.15) is 15.3 Å². The number of nitrogens with zero attached hydrogens (tertiary/aromatic N) is 5. The molecule has 1 aromatic carbocycles. The molecule has 0 fully saturated rings. The molecule has 1 aliphatic rings. The highest BCUT2D eigenvalue weighted by atomic mass is 16.5. The van der Waals surface area contributed by atoms with Gasteiger partial charge in [0.1, 0.15) is 11.8 Å². The predicted molar refractivity (Wildman–Crippen MR) is 111 cm³/mol. The van der Waals surface area contributed by atoms with E-state index in [2.05, 4.69) is 21.1 Å². The highest BCUT2D eigenvalue weighted by Crippen LogP contribution is 2.45. The second-order valence-electron chi connectivity index (χ2n) is 7.11. The molecule has 164 valence electrons. The highest BCUT2D eigenvalue weighted by molar-refractivity contribution is 5.90. The van der Waals surface area contributed by atoms with Crippen molar-refractivity contribution in [2.24, 2.45) is 0 Å². The Morgan fingerprint density at radius 1 is 1.28 bits per heavy atom. The fourth-order valence-electron chi connectivity index (χ4n) is 3.97. The first-order valence-corrected chi connectivity index (χ1v) is 9.92. The summed E-state index contributed by atoms with van der Waals surface area (Å²) in [6.45, 7) is 3.76. The fourth-order valence-corrected chi connectivity index (χ4v) is 3.97. The van der Waals surface area contributed by atoms with Gasteiger partial charge in [-0.1, -0.05) is 13.0 Å². The Bertz CT molecular complexity index is 1250. The summed E-state index contributed by atoms with van der Waals surface area (Å²) < 4.78 is 17.1. The summed E-state index contributed by atoms with van der Waals surface area (Å²) in [6.07, 6.45) is 0.329. The van der Waals surface area contributed by atoms with Gasteiger partial charge >= 0.3 is 12.0 Å². The van der Waals surface area contributed by atoms with Crippen LogP contribution in [0.5, 0.6) is 11.9 Å². The molecule has 0 spiro atoms. The maximum atomic E-state index is 12.7. The number of aromatic nitrogens is 4. The van der Waals surface area contributed by atoms with E-state index in [1.165, 1.54) is 25.1 Å². The second-order valence-corrected chi connectivity index (χ2v) is 7.11. The third-order valence-electron chi connectivity index (χ3n) is 5.41. The van der Waals surface area contributed by atoms with E-state index in [9.17, 15) is 15.2 Å². The van der Waals surface area contributed by atoms with Crippen LogP contribution in [0.4, 0.5) is 0 Å². The van der Waals surface area contributed by atoms with Crippen molar-refractivity contribution in [2.45, 2.75) is 25.9 Å². The van der Waals surface area contributed by atoms with Gasteiger partial charge in [0.15, 0.2) is 5.69 Å². The number of nitriles is 1. The van der Waals surface area contributed by atoms with E-state index >= 15 is 0 Å². The SMILES string of the molecule is CCOC(=O)c1nn(-c2cnc(OC)nc2OC)c2c1C(O)c1ccc(C#N)cc1C2C. The number of esters is 1. The Balaban J connectivity index is 2.00. The Kier molecular flexibility index (Phi) is 5.50. The second kappa shape index (κ2) is 8.28. The van der Waals surface area contributed by atoms with Crippen LogP contribution in [0.15, 0.2) is 24.4 Å². The van der Waals surface area contributed by atoms with E-state index in [1.54, 1.807) is 25.1 Å². The molecule has 0 saturated carbocycles. The van der Waals surface area contributed by atoms with E-state index in [0.29, 0.717) is 28.1 Å². The molecule has 1 aliphatic carbocycles. The lowest BCUT2D eigenvalue weighted by atomic mass is 9.79. The lowest BCUT2D eigenvalue weighted by molar-refractivity contribution is 0.0513. The summed E-state index contributed by atoms with van der Waals surface area (Å²) in [5.41, 5.74) is 3.07. The van der Waals surface area contributed by atoms with Crippen molar-refractivity contribution >= 4 is 5.97 Å². The van der Waals surface area contributed by atoms with Crippen molar-refractivity contribution in [3.63, 3.8) is 0 Å². The molecule has 0 aliphatic heterocycles. The van der Waals surface area contributed by atoms with Crippen molar-refractivity contribution < 1.29 is 24.1 Å². The number of hydrogen-bond acceptors (Lipinski definition) is 9. The summed E-state index contributed by atoms with van der Waals surface area (Å²) in [4.78, 5) is 21.1. The van der Waals surface area contributed by atoms with E-state index in [-0.39, 0.29) is 30.1 Å². The summed E-state index contributed by atoms with van der Waals surface area (Å²) in [5, 5.41) is 25.1. The van der Waals surface area contributed by atoms with Crippen LogP contribution in [-0.2, 0) is 4.74 Å². The average molecular weight is 435 g/mol. The number of benzene rings is 1. The lowest BCUT2D eigenvalue weighted by Gasteiger charge is -2.28. The molecule has 2 aromatic heterocycles. The summed E-state index contributed by atoms with van der Waals surface area (Å²) in [6, 6.07) is 7.29. The highest BCUT2D eigenvalue weighted by Gasteiger charge is 2.39. The number of ether oxygens (including phenoxy) is 3. The Hall–Kier alpha value is -3.97. The topological polar surface area (TPSA) is 132 Å².